The number of aryl methyl sites for hydroxylation is 2. The van der Waals surface area contributed by atoms with Crippen LogP contribution < -0.4 is 15.5 Å². The lowest BCUT2D eigenvalue weighted by Crippen LogP contribution is -2.42. The Hall–Kier alpha value is -2.89. The predicted octanol–water partition coefficient (Wildman–Crippen LogP) is 2.67. The van der Waals surface area contributed by atoms with Crippen molar-refractivity contribution in [2.24, 2.45) is 5.92 Å². The van der Waals surface area contributed by atoms with E-state index in [0.717, 1.165) is 42.9 Å². The third-order valence-electron chi connectivity index (χ3n) is 4.82. The van der Waals surface area contributed by atoms with Gasteiger partial charge in [0.2, 0.25) is 0 Å². The molecule has 2 heterocycles. The van der Waals surface area contributed by atoms with Crippen LogP contribution in [0.5, 0.6) is 0 Å². The standard InChI is InChI=1S/C21H26N4O2/c1-15-11-16(2)13-18(12-15)24-21(27)20(26)23-14-17-6-9-25(10-7-17)19-5-3-4-8-22-19/h3-5,8,11-13,17H,6-7,9-10,14H2,1-2H3,(H,23,26)(H,24,27). The molecule has 2 N–H and O–H groups in total. The minimum atomic E-state index is -0.620. The molecule has 2 amide bonds. The normalized spacial score (nSPS) is 14.7. The van der Waals surface area contributed by atoms with Crippen LogP contribution >= 0.6 is 0 Å². The van der Waals surface area contributed by atoms with Crippen molar-refractivity contribution >= 4 is 23.3 Å². The number of rotatable bonds is 4. The highest BCUT2D eigenvalue weighted by Gasteiger charge is 2.22. The quantitative estimate of drug-likeness (QED) is 0.816. The first-order chi connectivity index (χ1) is 13.0. The predicted molar refractivity (Wildman–Crippen MR) is 107 cm³/mol. The molecule has 3 rings (SSSR count). The average molecular weight is 366 g/mol. The molecule has 1 aromatic carbocycles. The Labute approximate surface area is 160 Å². The number of amides is 2. The van der Waals surface area contributed by atoms with Crippen LogP contribution in [0.25, 0.3) is 0 Å². The largest absolute Gasteiger partial charge is 0.357 e. The zero-order valence-electron chi connectivity index (χ0n) is 15.9. The summed E-state index contributed by atoms with van der Waals surface area (Å²) in [6.07, 6.45) is 3.74. The molecular weight excluding hydrogens is 340 g/mol. The van der Waals surface area contributed by atoms with Gasteiger partial charge in [-0.2, -0.15) is 0 Å². The number of benzene rings is 1. The van der Waals surface area contributed by atoms with Gasteiger partial charge in [-0.3, -0.25) is 9.59 Å². The Bertz CT molecular complexity index is 779. The van der Waals surface area contributed by atoms with Crippen molar-refractivity contribution in [1.82, 2.24) is 10.3 Å². The molecular formula is C21H26N4O2. The van der Waals surface area contributed by atoms with Gasteiger partial charge >= 0.3 is 11.8 Å². The Morgan fingerprint density at radius 2 is 1.78 bits per heavy atom. The third-order valence-corrected chi connectivity index (χ3v) is 4.82. The fourth-order valence-electron chi connectivity index (χ4n) is 3.46. The summed E-state index contributed by atoms with van der Waals surface area (Å²) in [6, 6.07) is 11.6. The number of hydrogen-bond acceptors (Lipinski definition) is 4. The van der Waals surface area contributed by atoms with Crippen LogP contribution in [0.4, 0.5) is 11.5 Å². The second-order valence-corrected chi connectivity index (χ2v) is 7.16. The summed E-state index contributed by atoms with van der Waals surface area (Å²) in [6.45, 7) is 6.26. The van der Waals surface area contributed by atoms with E-state index in [0.29, 0.717) is 18.2 Å². The van der Waals surface area contributed by atoms with E-state index >= 15 is 0 Å². The van der Waals surface area contributed by atoms with Gasteiger partial charge in [-0.05, 0) is 68.0 Å². The van der Waals surface area contributed by atoms with Gasteiger partial charge in [0.1, 0.15) is 5.82 Å². The summed E-state index contributed by atoms with van der Waals surface area (Å²) < 4.78 is 0. The summed E-state index contributed by atoms with van der Waals surface area (Å²) in [5.74, 6) is 0.169. The van der Waals surface area contributed by atoms with E-state index in [2.05, 4.69) is 20.5 Å². The van der Waals surface area contributed by atoms with Crippen molar-refractivity contribution in [3.63, 3.8) is 0 Å². The minimum absolute atomic E-state index is 0.378. The van der Waals surface area contributed by atoms with Gasteiger partial charge in [-0.25, -0.2) is 4.98 Å². The lowest BCUT2D eigenvalue weighted by Gasteiger charge is -2.32. The summed E-state index contributed by atoms with van der Waals surface area (Å²) in [4.78, 5) is 30.8. The summed E-state index contributed by atoms with van der Waals surface area (Å²) in [5.41, 5.74) is 2.74. The van der Waals surface area contributed by atoms with Crippen LogP contribution in [0.2, 0.25) is 0 Å². The maximum Gasteiger partial charge on any atom is 0.313 e. The number of nitrogens with one attached hydrogen (secondary N) is 2. The lowest BCUT2D eigenvalue weighted by atomic mass is 9.97. The van der Waals surface area contributed by atoms with Crippen molar-refractivity contribution in [2.45, 2.75) is 26.7 Å². The summed E-state index contributed by atoms with van der Waals surface area (Å²) in [7, 11) is 0. The Balaban J connectivity index is 1.43. The summed E-state index contributed by atoms with van der Waals surface area (Å²) in [5, 5.41) is 5.44. The van der Waals surface area contributed by atoms with Crippen LogP contribution in [0.1, 0.15) is 24.0 Å². The smallest absolute Gasteiger partial charge is 0.313 e. The number of nitrogens with zero attached hydrogens (tertiary/aromatic N) is 2. The van der Waals surface area contributed by atoms with Gasteiger partial charge in [0.15, 0.2) is 0 Å². The van der Waals surface area contributed by atoms with Gasteiger partial charge in [0.05, 0.1) is 0 Å². The van der Waals surface area contributed by atoms with Crippen LogP contribution in [0.3, 0.4) is 0 Å². The molecule has 0 atom stereocenters. The molecule has 1 aliphatic rings. The Morgan fingerprint density at radius 1 is 1.07 bits per heavy atom. The van der Waals surface area contributed by atoms with E-state index in [-0.39, 0.29) is 0 Å². The molecule has 1 fully saturated rings. The van der Waals surface area contributed by atoms with Crippen LogP contribution in [-0.2, 0) is 9.59 Å². The molecule has 0 bridgehead atoms. The zero-order valence-corrected chi connectivity index (χ0v) is 15.9. The van der Waals surface area contributed by atoms with Crippen LogP contribution in [0, 0.1) is 19.8 Å². The second-order valence-electron chi connectivity index (χ2n) is 7.16. The van der Waals surface area contributed by atoms with Crippen molar-refractivity contribution in [2.75, 3.05) is 29.9 Å². The molecule has 0 spiro atoms. The molecule has 6 nitrogen and oxygen atoms in total. The van der Waals surface area contributed by atoms with Crippen molar-refractivity contribution in [1.29, 1.82) is 0 Å². The van der Waals surface area contributed by atoms with Gasteiger partial charge in [-0.1, -0.05) is 12.1 Å². The highest BCUT2D eigenvalue weighted by molar-refractivity contribution is 6.39. The molecule has 1 saturated heterocycles. The van der Waals surface area contributed by atoms with Gasteiger partial charge in [-0.15, -0.1) is 0 Å². The van der Waals surface area contributed by atoms with E-state index < -0.39 is 11.8 Å². The van der Waals surface area contributed by atoms with Gasteiger partial charge < -0.3 is 15.5 Å². The highest BCUT2D eigenvalue weighted by atomic mass is 16.2. The topological polar surface area (TPSA) is 74.3 Å². The monoisotopic (exact) mass is 366 g/mol. The molecule has 0 saturated carbocycles. The molecule has 0 aliphatic carbocycles. The van der Waals surface area contributed by atoms with Crippen molar-refractivity contribution < 1.29 is 9.59 Å². The van der Waals surface area contributed by atoms with Crippen molar-refractivity contribution in [3.05, 3.63) is 53.7 Å². The summed E-state index contributed by atoms with van der Waals surface area (Å²) >= 11 is 0. The maximum atomic E-state index is 12.1. The molecule has 1 aliphatic heterocycles. The molecule has 0 radical (unpaired) electrons. The molecule has 27 heavy (non-hydrogen) atoms. The molecule has 6 heteroatoms. The number of piperidine rings is 1. The van der Waals surface area contributed by atoms with E-state index in [9.17, 15) is 9.59 Å². The first-order valence-electron chi connectivity index (χ1n) is 9.35. The van der Waals surface area contributed by atoms with E-state index in [1.165, 1.54) is 0 Å². The fourth-order valence-corrected chi connectivity index (χ4v) is 3.46. The second kappa shape index (κ2) is 8.66. The number of hydrogen-bond donors (Lipinski definition) is 2. The molecule has 0 unspecified atom stereocenters. The number of anilines is 2. The third kappa shape index (κ3) is 5.29. The first-order valence-corrected chi connectivity index (χ1v) is 9.35. The molecule has 1 aromatic heterocycles. The van der Waals surface area contributed by atoms with Gasteiger partial charge in [0, 0.05) is 31.5 Å². The average Bonchev–Trinajstić information content (AvgIpc) is 2.66. The number of carbonyl (C=O) groups is 2. The number of carbonyl (C=O) groups excluding carboxylic acids is 2. The van der Waals surface area contributed by atoms with E-state index in [1.807, 2.05) is 50.2 Å². The number of pyridine rings is 1. The fraction of sp³-hybridized carbons (Fsp3) is 0.381. The first kappa shape index (κ1) is 18.9. The molecule has 2 aromatic rings. The zero-order chi connectivity index (χ0) is 19.2. The van der Waals surface area contributed by atoms with E-state index in [4.69, 9.17) is 0 Å². The SMILES string of the molecule is Cc1cc(C)cc(NC(=O)C(=O)NCC2CCN(c3ccccn3)CC2)c1. The van der Waals surface area contributed by atoms with Crippen LogP contribution in [-0.4, -0.2) is 36.4 Å². The van der Waals surface area contributed by atoms with Gasteiger partial charge in [0.25, 0.3) is 0 Å². The maximum absolute atomic E-state index is 12.1. The van der Waals surface area contributed by atoms with Crippen molar-refractivity contribution in [3.8, 4) is 0 Å². The highest BCUT2D eigenvalue weighted by Crippen LogP contribution is 2.21. The Morgan fingerprint density at radius 3 is 2.41 bits per heavy atom. The minimum Gasteiger partial charge on any atom is -0.357 e. The van der Waals surface area contributed by atoms with Crippen LogP contribution in [0.15, 0.2) is 42.6 Å². The Kier molecular flexibility index (Phi) is 6.06. The molecule has 142 valence electrons. The lowest BCUT2D eigenvalue weighted by molar-refractivity contribution is -0.136. The number of aromatic nitrogens is 1. The van der Waals surface area contributed by atoms with E-state index in [1.54, 1.807) is 6.20 Å².